The summed E-state index contributed by atoms with van der Waals surface area (Å²) in [7, 11) is 0. The van der Waals surface area contributed by atoms with Crippen molar-refractivity contribution in [3.05, 3.63) is 29.6 Å². The van der Waals surface area contributed by atoms with Crippen LogP contribution in [0.1, 0.15) is 62.7 Å². The van der Waals surface area contributed by atoms with Gasteiger partial charge in [0.25, 0.3) is 5.91 Å². The molecule has 1 saturated carbocycles. The molecule has 2 atom stereocenters. The molecule has 0 aromatic heterocycles. The smallest absolute Gasteiger partial charge is 0.251 e. The van der Waals surface area contributed by atoms with E-state index in [1.807, 2.05) is 0 Å². The summed E-state index contributed by atoms with van der Waals surface area (Å²) >= 11 is 0. The average molecular weight is 320 g/mol. The highest BCUT2D eigenvalue weighted by Crippen LogP contribution is 2.30. The molecular formula is C18H25FN2O2. The number of rotatable bonds is 6. The Morgan fingerprint density at radius 3 is 2.78 bits per heavy atom. The van der Waals surface area contributed by atoms with Crippen molar-refractivity contribution < 1.29 is 14.0 Å². The first-order valence-electron chi connectivity index (χ1n) is 8.39. The second-order valence-electron chi connectivity index (χ2n) is 6.29. The summed E-state index contributed by atoms with van der Waals surface area (Å²) < 4.78 is 13.7. The second kappa shape index (κ2) is 8.09. The maximum Gasteiger partial charge on any atom is 0.251 e. The molecule has 23 heavy (non-hydrogen) atoms. The number of nitrogens with one attached hydrogen (secondary N) is 2. The molecule has 0 bridgehead atoms. The van der Waals surface area contributed by atoms with Gasteiger partial charge in [0.15, 0.2) is 0 Å². The van der Waals surface area contributed by atoms with E-state index in [2.05, 4.69) is 17.6 Å². The third-order valence-corrected chi connectivity index (χ3v) is 4.44. The molecule has 0 unspecified atom stereocenters. The van der Waals surface area contributed by atoms with Crippen LogP contribution in [0.15, 0.2) is 18.2 Å². The van der Waals surface area contributed by atoms with Gasteiger partial charge in [-0.15, -0.1) is 0 Å². The average Bonchev–Trinajstić information content (AvgIpc) is 2.94. The minimum absolute atomic E-state index is 0.0408. The lowest BCUT2D eigenvalue weighted by atomic mass is 9.96. The van der Waals surface area contributed by atoms with Crippen molar-refractivity contribution in [1.82, 2.24) is 5.32 Å². The first kappa shape index (κ1) is 17.4. The molecule has 1 aliphatic carbocycles. The summed E-state index contributed by atoms with van der Waals surface area (Å²) in [5.74, 6) is -0.575. The normalized spacial score (nSPS) is 20.3. The van der Waals surface area contributed by atoms with Crippen LogP contribution in [-0.2, 0) is 4.79 Å². The molecule has 126 valence electrons. The summed E-state index contributed by atoms with van der Waals surface area (Å²) in [6.07, 6.45) is 6.78. The van der Waals surface area contributed by atoms with Crippen LogP contribution in [0.5, 0.6) is 0 Å². The largest absolute Gasteiger partial charge is 0.349 e. The maximum atomic E-state index is 13.7. The van der Waals surface area contributed by atoms with E-state index in [1.54, 1.807) is 0 Å². The Balaban J connectivity index is 2.04. The summed E-state index contributed by atoms with van der Waals surface area (Å²) in [4.78, 5) is 23.5. The fourth-order valence-corrected chi connectivity index (χ4v) is 3.24. The maximum absolute atomic E-state index is 13.7. The summed E-state index contributed by atoms with van der Waals surface area (Å²) in [6.45, 7) is 3.48. The van der Waals surface area contributed by atoms with Gasteiger partial charge in [-0.05, 0) is 43.4 Å². The minimum atomic E-state index is -0.543. The zero-order valence-corrected chi connectivity index (χ0v) is 13.8. The highest BCUT2D eigenvalue weighted by molar-refractivity contribution is 5.97. The van der Waals surface area contributed by atoms with E-state index in [9.17, 15) is 14.0 Å². The minimum Gasteiger partial charge on any atom is -0.349 e. The molecule has 0 spiro atoms. The molecule has 0 saturated heterocycles. The Labute approximate surface area is 136 Å². The van der Waals surface area contributed by atoms with Gasteiger partial charge in [-0.2, -0.15) is 0 Å². The number of unbranched alkanes of at least 4 members (excludes halogenated alkanes) is 1. The third-order valence-electron chi connectivity index (χ3n) is 4.44. The van der Waals surface area contributed by atoms with E-state index in [4.69, 9.17) is 0 Å². The fourth-order valence-electron chi connectivity index (χ4n) is 3.24. The Bertz CT molecular complexity index is 574. The summed E-state index contributed by atoms with van der Waals surface area (Å²) in [6, 6.07) is 4.25. The van der Waals surface area contributed by atoms with Gasteiger partial charge in [-0.25, -0.2) is 4.39 Å². The molecule has 4 nitrogen and oxygen atoms in total. The molecule has 2 rings (SSSR count). The van der Waals surface area contributed by atoms with Crippen LogP contribution < -0.4 is 10.6 Å². The van der Waals surface area contributed by atoms with Gasteiger partial charge in [-0.1, -0.05) is 26.2 Å². The molecule has 0 heterocycles. The molecule has 1 aliphatic rings. The van der Waals surface area contributed by atoms with Crippen molar-refractivity contribution in [2.24, 2.45) is 5.92 Å². The number of carbonyl (C=O) groups excluding carboxylic acids is 2. The van der Waals surface area contributed by atoms with Crippen LogP contribution in [-0.4, -0.2) is 17.9 Å². The van der Waals surface area contributed by atoms with Gasteiger partial charge in [0.2, 0.25) is 5.91 Å². The molecule has 5 heteroatoms. The lowest BCUT2D eigenvalue weighted by molar-refractivity contribution is -0.114. The summed E-state index contributed by atoms with van der Waals surface area (Å²) in [5.41, 5.74) is 0.412. The Hall–Kier alpha value is -1.91. The molecule has 0 radical (unpaired) electrons. The van der Waals surface area contributed by atoms with Crippen molar-refractivity contribution in [2.75, 3.05) is 5.32 Å². The quantitative estimate of drug-likeness (QED) is 0.836. The fraction of sp³-hybridized carbons (Fsp3) is 0.556. The zero-order chi connectivity index (χ0) is 16.8. The van der Waals surface area contributed by atoms with Gasteiger partial charge < -0.3 is 10.6 Å². The van der Waals surface area contributed by atoms with Gasteiger partial charge in [0, 0.05) is 18.5 Å². The number of halogens is 1. The molecule has 1 aromatic rings. The van der Waals surface area contributed by atoms with Crippen LogP contribution in [0.3, 0.4) is 0 Å². The van der Waals surface area contributed by atoms with Crippen molar-refractivity contribution in [3.8, 4) is 0 Å². The molecule has 1 fully saturated rings. The van der Waals surface area contributed by atoms with Crippen molar-refractivity contribution in [3.63, 3.8) is 0 Å². The number of anilines is 1. The van der Waals surface area contributed by atoms with Gasteiger partial charge in [0.1, 0.15) is 5.82 Å². The van der Waals surface area contributed by atoms with E-state index < -0.39 is 5.82 Å². The molecule has 2 N–H and O–H groups in total. The Morgan fingerprint density at radius 2 is 2.09 bits per heavy atom. The van der Waals surface area contributed by atoms with E-state index in [-0.39, 0.29) is 23.5 Å². The second-order valence-corrected chi connectivity index (χ2v) is 6.29. The third kappa shape index (κ3) is 4.78. The van der Waals surface area contributed by atoms with Crippen molar-refractivity contribution in [1.29, 1.82) is 0 Å². The number of amides is 2. The van der Waals surface area contributed by atoms with E-state index in [0.29, 0.717) is 11.5 Å². The van der Waals surface area contributed by atoms with E-state index in [1.165, 1.54) is 31.5 Å². The topological polar surface area (TPSA) is 58.2 Å². The SMILES string of the molecule is CCCC[C@@H]1CCC[C@H]1NC(=O)c1ccc(F)c(NC(C)=O)c1. The molecule has 2 amide bonds. The number of carbonyl (C=O) groups is 2. The standard InChI is InChI=1S/C18H25FN2O2/c1-3-4-6-13-7-5-8-16(13)21-18(23)14-9-10-15(19)17(11-14)20-12(2)22/h9-11,13,16H,3-8H2,1-2H3,(H,20,22)(H,21,23)/t13-,16-/m1/s1. The van der Waals surface area contributed by atoms with E-state index in [0.717, 1.165) is 32.1 Å². The van der Waals surface area contributed by atoms with Crippen LogP contribution in [0.4, 0.5) is 10.1 Å². The zero-order valence-electron chi connectivity index (χ0n) is 13.8. The van der Waals surface area contributed by atoms with Crippen LogP contribution in [0, 0.1) is 11.7 Å². The predicted molar refractivity (Wildman–Crippen MR) is 88.8 cm³/mol. The van der Waals surface area contributed by atoms with Gasteiger partial charge in [-0.3, -0.25) is 9.59 Å². The first-order valence-corrected chi connectivity index (χ1v) is 8.39. The lowest BCUT2D eigenvalue weighted by Gasteiger charge is -2.21. The van der Waals surface area contributed by atoms with Crippen LogP contribution in [0.25, 0.3) is 0 Å². The van der Waals surface area contributed by atoms with Crippen molar-refractivity contribution >= 4 is 17.5 Å². The van der Waals surface area contributed by atoms with Gasteiger partial charge in [0.05, 0.1) is 5.69 Å². The number of benzene rings is 1. The number of hydrogen-bond acceptors (Lipinski definition) is 2. The summed E-state index contributed by atoms with van der Waals surface area (Å²) in [5, 5.41) is 5.48. The van der Waals surface area contributed by atoms with Gasteiger partial charge >= 0.3 is 0 Å². The molecular weight excluding hydrogens is 295 g/mol. The van der Waals surface area contributed by atoms with Crippen LogP contribution in [0.2, 0.25) is 0 Å². The highest BCUT2D eigenvalue weighted by Gasteiger charge is 2.28. The predicted octanol–water partition coefficient (Wildman–Crippen LogP) is 3.87. The molecule has 1 aromatic carbocycles. The van der Waals surface area contributed by atoms with E-state index >= 15 is 0 Å². The highest BCUT2D eigenvalue weighted by atomic mass is 19.1. The Morgan fingerprint density at radius 1 is 1.30 bits per heavy atom. The van der Waals surface area contributed by atoms with Crippen LogP contribution >= 0.6 is 0 Å². The first-order chi connectivity index (χ1) is 11.0. The van der Waals surface area contributed by atoms with Crippen molar-refractivity contribution in [2.45, 2.75) is 58.4 Å². The monoisotopic (exact) mass is 320 g/mol. The molecule has 0 aliphatic heterocycles. The Kier molecular flexibility index (Phi) is 6.13. The lowest BCUT2D eigenvalue weighted by Crippen LogP contribution is -2.37. The number of hydrogen-bond donors (Lipinski definition) is 2.